The van der Waals surface area contributed by atoms with Crippen molar-refractivity contribution in [2.24, 2.45) is 5.92 Å². The number of rotatable bonds is 4. The predicted octanol–water partition coefficient (Wildman–Crippen LogP) is 1.95. The summed E-state index contributed by atoms with van der Waals surface area (Å²) in [7, 11) is 0. The first-order valence-corrected chi connectivity index (χ1v) is 5.43. The van der Waals surface area contributed by atoms with E-state index in [0.29, 0.717) is 11.3 Å². The standard InChI is InChI=1S/C13H13N3O2/c1-8(13(17)18)9(2)16-12-4-3-10(6-14)11(5-12)7-15/h3-5,8-9,16H,1-2H3,(H,17,18). The average molecular weight is 243 g/mol. The van der Waals surface area contributed by atoms with E-state index in [1.165, 1.54) is 0 Å². The van der Waals surface area contributed by atoms with Gasteiger partial charge < -0.3 is 10.4 Å². The number of carboxylic acids is 1. The van der Waals surface area contributed by atoms with Crippen molar-refractivity contribution in [2.75, 3.05) is 5.32 Å². The highest BCUT2D eigenvalue weighted by Crippen LogP contribution is 2.17. The molecular weight excluding hydrogens is 230 g/mol. The summed E-state index contributed by atoms with van der Waals surface area (Å²) in [6, 6.07) is 8.32. The quantitative estimate of drug-likeness (QED) is 0.842. The van der Waals surface area contributed by atoms with Gasteiger partial charge in [-0.15, -0.1) is 0 Å². The van der Waals surface area contributed by atoms with Crippen molar-refractivity contribution >= 4 is 11.7 Å². The van der Waals surface area contributed by atoms with Crippen molar-refractivity contribution in [3.05, 3.63) is 29.3 Å². The van der Waals surface area contributed by atoms with E-state index in [2.05, 4.69) is 5.32 Å². The van der Waals surface area contributed by atoms with E-state index in [1.807, 2.05) is 12.1 Å². The number of aliphatic carboxylic acids is 1. The Morgan fingerprint density at radius 3 is 2.39 bits per heavy atom. The maximum atomic E-state index is 10.8. The number of carbonyl (C=O) groups is 1. The van der Waals surface area contributed by atoms with E-state index < -0.39 is 11.9 Å². The molecule has 0 saturated carbocycles. The molecule has 2 N–H and O–H groups in total. The van der Waals surface area contributed by atoms with Gasteiger partial charge >= 0.3 is 5.97 Å². The van der Waals surface area contributed by atoms with Gasteiger partial charge in [-0.25, -0.2) is 0 Å². The first kappa shape index (κ1) is 13.5. The molecule has 0 bridgehead atoms. The number of hydrogen-bond donors (Lipinski definition) is 2. The average Bonchev–Trinajstić information content (AvgIpc) is 2.37. The van der Waals surface area contributed by atoms with Gasteiger partial charge in [-0.3, -0.25) is 4.79 Å². The molecule has 5 heteroatoms. The van der Waals surface area contributed by atoms with Crippen molar-refractivity contribution in [3.63, 3.8) is 0 Å². The second-order valence-electron chi connectivity index (χ2n) is 4.04. The summed E-state index contributed by atoms with van der Waals surface area (Å²) in [6.45, 7) is 3.36. The fraction of sp³-hybridized carbons (Fsp3) is 0.308. The zero-order chi connectivity index (χ0) is 13.7. The monoisotopic (exact) mass is 243 g/mol. The summed E-state index contributed by atoms with van der Waals surface area (Å²) in [5.74, 6) is -1.43. The molecule has 2 unspecified atom stereocenters. The highest BCUT2D eigenvalue weighted by atomic mass is 16.4. The van der Waals surface area contributed by atoms with Crippen molar-refractivity contribution in [1.29, 1.82) is 10.5 Å². The van der Waals surface area contributed by atoms with Gasteiger partial charge in [0.1, 0.15) is 12.1 Å². The van der Waals surface area contributed by atoms with Crippen LogP contribution in [0, 0.1) is 28.6 Å². The van der Waals surface area contributed by atoms with Crippen LogP contribution >= 0.6 is 0 Å². The lowest BCUT2D eigenvalue weighted by Crippen LogP contribution is -2.29. The van der Waals surface area contributed by atoms with Crippen LogP contribution in [0.1, 0.15) is 25.0 Å². The van der Waals surface area contributed by atoms with E-state index in [4.69, 9.17) is 15.6 Å². The molecule has 0 aliphatic rings. The third-order valence-electron chi connectivity index (χ3n) is 2.79. The minimum atomic E-state index is -0.885. The van der Waals surface area contributed by atoms with Gasteiger partial charge in [-0.2, -0.15) is 10.5 Å². The molecule has 0 saturated heterocycles. The Kier molecular flexibility index (Phi) is 4.28. The second kappa shape index (κ2) is 5.70. The van der Waals surface area contributed by atoms with Crippen LogP contribution in [0.2, 0.25) is 0 Å². The molecule has 5 nitrogen and oxygen atoms in total. The van der Waals surface area contributed by atoms with Gasteiger partial charge in [-0.1, -0.05) is 0 Å². The zero-order valence-corrected chi connectivity index (χ0v) is 10.1. The van der Waals surface area contributed by atoms with Gasteiger partial charge in [0.15, 0.2) is 0 Å². The Bertz CT molecular complexity index is 540. The molecule has 0 heterocycles. The van der Waals surface area contributed by atoms with E-state index in [-0.39, 0.29) is 11.6 Å². The molecule has 92 valence electrons. The lowest BCUT2D eigenvalue weighted by molar-refractivity contribution is -0.141. The van der Waals surface area contributed by atoms with Crippen LogP contribution in [0.25, 0.3) is 0 Å². The molecule has 0 radical (unpaired) electrons. The smallest absolute Gasteiger partial charge is 0.308 e. The van der Waals surface area contributed by atoms with Crippen molar-refractivity contribution in [3.8, 4) is 12.1 Å². The Labute approximate surface area is 105 Å². The summed E-state index contributed by atoms with van der Waals surface area (Å²) in [6.07, 6.45) is 0. The van der Waals surface area contributed by atoms with Gasteiger partial charge in [0.25, 0.3) is 0 Å². The van der Waals surface area contributed by atoms with Gasteiger partial charge in [0.2, 0.25) is 0 Å². The van der Waals surface area contributed by atoms with Crippen LogP contribution in [0.5, 0.6) is 0 Å². The SMILES string of the molecule is CC(Nc1ccc(C#N)c(C#N)c1)C(C)C(=O)O. The highest BCUT2D eigenvalue weighted by molar-refractivity contribution is 5.71. The Hall–Kier alpha value is -2.53. The fourth-order valence-corrected chi connectivity index (χ4v) is 1.43. The van der Waals surface area contributed by atoms with Crippen molar-refractivity contribution < 1.29 is 9.90 Å². The number of carboxylic acid groups (broad SMARTS) is 1. The third-order valence-corrected chi connectivity index (χ3v) is 2.79. The number of nitriles is 2. The summed E-state index contributed by atoms with van der Waals surface area (Å²) in [5.41, 5.74) is 1.21. The third kappa shape index (κ3) is 2.99. The van der Waals surface area contributed by atoms with E-state index in [1.54, 1.807) is 32.0 Å². The second-order valence-corrected chi connectivity index (χ2v) is 4.04. The van der Waals surface area contributed by atoms with Crippen LogP contribution in [0.4, 0.5) is 5.69 Å². The summed E-state index contributed by atoms with van der Waals surface area (Å²) >= 11 is 0. The van der Waals surface area contributed by atoms with E-state index in [0.717, 1.165) is 0 Å². The maximum Gasteiger partial charge on any atom is 0.308 e. The fourth-order valence-electron chi connectivity index (χ4n) is 1.43. The zero-order valence-electron chi connectivity index (χ0n) is 10.1. The molecule has 0 aliphatic heterocycles. The van der Waals surface area contributed by atoms with Crippen LogP contribution < -0.4 is 5.32 Å². The summed E-state index contributed by atoms with van der Waals surface area (Å²) in [5, 5.41) is 29.6. The van der Waals surface area contributed by atoms with Crippen molar-refractivity contribution in [2.45, 2.75) is 19.9 Å². The molecule has 18 heavy (non-hydrogen) atoms. The minimum absolute atomic E-state index is 0.276. The number of anilines is 1. The molecule has 0 amide bonds. The Balaban J connectivity index is 2.91. The molecule has 1 aromatic rings. The number of nitrogens with one attached hydrogen (secondary N) is 1. The summed E-state index contributed by atoms with van der Waals surface area (Å²) in [4.78, 5) is 10.8. The molecule has 1 rings (SSSR count). The van der Waals surface area contributed by atoms with E-state index >= 15 is 0 Å². The minimum Gasteiger partial charge on any atom is -0.481 e. The van der Waals surface area contributed by atoms with Gasteiger partial charge in [0.05, 0.1) is 17.0 Å². The van der Waals surface area contributed by atoms with Crippen LogP contribution in [-0.2, 0) is 4.79 Å². The van der Waals surface area contributed by atoms with E-state index in [9.17, 15) is 4.79 Å². The van der Waals surface area contributed by atoms with Crippen LogP contribution in [-0.4, -0.2) is 17.1 Å². The lowest BCUT2D eigenvalue weighted by Gasteiger charge is -2.19. The normalized spacial score (nSPS) is 12.9. The molecular formula is C13H13N3O2. The Morgan fingerprint density at radius 1 is 1.28 bits per heavy atom. The number of hydrogen-bond acceptors (Lipinski definition) is 4. The lowest BCUT2D eigenvalue weighted by atomic mass is 10.0. The molecule has 0 fully saturated rings. The summed E-state index contributed by atoms with van der Waals surface area (Å²) < 4.78 is 0. The molecule has 0 aromatic heterocycles. The molecule has 1 aromatic carbocycles. The van der Waals surface area contributed by atoms with Gasteiger partial charge in [0, 0.05) is 11.7 Å². The first-order chi connectivity index (χ1) is 8.49. The maximum absolute atomic E-state index is 10.8. The van der Waals surface area contributed by atoms with Crippen LogP contribution in [0.3, 0.4) is 0 Å². The highest BCUT2D eigenvalue weighted by Gasteiger charge is 2.19. The van der Waals surface area contributed by atoms with Gasteiger partial charge in [-0.05, 0) is 32.0 Å². The van der Waals surface area contributed by atoms with Crippen LogP contribution in [0.15, 0.2) is 18.2 Å². The largest absolute Gasteiger partial charge is 0.481 e. The predicted molar refractivity (Wildman–Crippen MR) is 65.8 cm³/mol. The van der Waals surface area contributed by atoms with Crippen molar-refractivity contribution in [1.82, 2.24) is 0 Å². The number of nitrogens with zero attached hydrogens (tertiary/aromatic N) is 2. The Morgan fingerprint density at radius 2 is 1.89 bits per heavy atom. The topological polar surface area (TPSA) is 96.9 Å². The molecule has 2 atom stereocenters. The first-order valence-electron chi connectivity index (χ1n) is 5.43. The molecule has 0 spiro atoms. The number of benzene rings is 1. The molecule has 0 aliphatic carbocycles.